The van der Waals surface area contributed by atoms with Crippen molar-refractivity contribution >= 4 is 0 Å². The number of aryl methyl sites for hydroxylation is 1. The second kappa shape index (κ2) is 7.09. The van der Waals surface area contributed by atoms with Gasteiger partial charge in [-0.1, -0.05) is 33.6 Å². The Bertz CT molecular complexity index is 370. The maximum absolute atomic E-state index is 4.28. The molecule has 1 N–H and O–H groups in total. The van der Waals surface area contributed by atoms with Crippen LogP contribution >= 0.6 is 0 Å². The van der Waals surface area contributed by atoms with Gasteiger partial charge in [0.1, 0.15) is 0 Å². The van der Waals surface area contributed by atoms with E-state index in [1.807, 2.05) is 12.5 Å². The fourth-order valence-corrected chi connectivity index (χ4v) is 3.38. The molecular formula is C16H29N3. The minimum absolute atomic E-state index is 0.693. The Labute approximate surface area is 117 Å². The van der Waals surface area contributed by atoms with Crippen LogP contribution in [0, 0.1) is 11.8 Å². The molecule has 19 heavy (non-hydrogen) atoms. The Hall–Kier alpha value is -0.830. The molecule has 1 saturated carbocycles. The SMILES string of the molecule is CCCn1cncc1CNC1CCCCC1C(C)C. The summed E-state index contributed by atoms with van der Waals surface area (Å²) >= 11 is 0. The number of imidazole rings is 1. The lowest BCUT2D eigenvalue weighted by atomic mass is 9.78. The Kier molecular flexibility index (Phi) is 5.44. The molecule has 1 aliphatic rings. The van der Waals surface area contributed by atoms with Crippen molar-refractivity contribution in [3.05, 3.63) is 18.2 Å². The van der Waals surface area contributed by atoms with E-state index in [9.17, 15) is 0 Å². The van der Waals surface area contributed by atoms with Crippen LogP contribution < -0.4 is 5.32 Å². The molecule has 0 saturated heterocycles. The molecule has 1 fully saturated rings. The summed E-state index contributed by atoms with van der Waals surface area (Å²) in [4.78, 5) is 4.28. The van der Waals surface area contributed by atoms with Gasteiger partial charge >= 0.3 is 0 Å². The van der Waals surface area contributed by atoms with Gasteiger partial charge in [-0.3, -0.25) is 0 Å². The molecular weight excluding hydrogens is 234 g/mol. The fraction of sp³-hybridized carbons (Fsp3) is 0.812. The van der Waals surface area contributed by atoms with Crippen LogP contribution in [0.25, 0.3) is 0 Å². The maximum Gasteiger partial charge on any atom is 0.0948 e. The number of hydrogen-bond acceptors (Lipinski definition) is 2. The average Bonchev–Trinajstić information content (AvgIpc) is 2.84. The highest BCUT2D eigenvalue weighted by atomic mass is 15.1. The summed E-state index contributed by atoms with van der Waals surface area (Å²) < 4.78 is 2.28. The molecule has 2 unspecified atom stereocenters. The number of nitrogens with zero attached hydrogens (tertiary/aromatic N) is 2. The first-order valence-electron chi connectivity index (χ1n) is 7.94. The van der Waals surface area contributed by atoms with Gasteiger partial charge in [0.2, 0.25) is 0 Å². The fourth-order valence-electron chi connectivity index (χ4n) is 3.38. The van der Waals surface area contributed by atoms with Gasteiger partial charge in [-0.2, -0.15) is 0 Å². The van der Waals surface area contributed by atoms with E-state index in [-0.39, 0.29) is 0 Å². The van der Waals surface area contributed by atoms with Gasteiger partial charge in [0.05, 0.1) is 12.0 Å². The smallest absolute Gasteiger partial charge is 0.0948 e. The van der Waals surface area contributed by atoms with E-state index in [2.05, 4.69) is 35.6 Å². The third-order valence-corrected chi connectivity index (χ3v) is 4.48. The Morgan fingerprint density at radius 1 is 1.37 bits per heavy atom. The molecule has 0 aromatic carbocycles. The van der Waals surface area contributed by atoms with Gasteiger partial charge in [0.15, 0.2) is 0 Å². The highest BCUT2D eigenvalue weighted by Crippen LogP contribution is 2.30. The normalized spacial score (nSPS) is 24.0. The van der Waals surface area contributed by atoms with Crippen LogP contribution in [0.3, 0.4) is 0 Å². The molecule has 0 bridgehead atoms. The van der Waals surface area contributed by atoms with E-state index >= 15 is 0 Å². The lowest BCUT2D eigenvalue weighted by Crippen LogP contribution is -2.40. The zero-order chi connectivity index (χ0) is 13.7. The van der Waals surface area contributed by atoms with E-state index in [1.54, 1.807) is 0 Å². The quantitative estimate of drug-likeness (QED) is 0.850. The lowest BCUT2D eigenvalue weighted by Gasteiger charge is -2.35. The molecule has 108 valence electrons. The molecule has 0 aliphatic heterocycles. The minimum atomic E-state index is 0.693. The van der Waals surface area contributed by atoms with Crippen LogP contribution in [0.1, 0.15) is 58.6 Å². The third kappa shape index (κ3) is 3.82. The average molecular weight is 263 g/mol. The van der Waals surface area contributed by atoms with E-state index in [1.165, 1.54) is 37.8 Å². The van der Waals surface area contributed by atoms with Gasteiger partial charge in [-0.25, -0.2) is 4.98 Å². The first-order chi connectivity index (χ1) is 9.22. The molecule has 0 amide bonds. The Morgan fingerprint density at radius 2 is 2.16 bits per heavy atom. The largest absolute Gasteiger partial charge is 0.333 e. The molecule has 1 aromatic heterocycles. The second-order valence-corrected chi connectivity index (χ2v) is 6.26. The molecule has 3 heteroatoms. The number of aromatic nitrogens is 2. The molecule has 1 aliphatic carbocycles. The third-order valence-electron chi connectivity index (χ3n) is 4.48. The van der Waals surface area contributed by atoms with Crippen LogP contribution in [-0.4, -0.2) is 15.6 Å². The minimum Gasteiger partial charge on any atom is -0.333 e. The van der Waals surface area contributed by atoms with Crippen molar-refractivity contribution < 1.29 is 0 Å². The van der Waals surface area contributed by atoms with Crippen molar-refractivity contribution in [2.75, 3.05) is 0 Å². The molecule has 2 atom stereocenters. The molecule has 3 nitrogen and oxygen atoms in total. The van der Waals surface area contributed by atoms with Crippen molar-refractivity contribution in [2.45, 2.75) is 72.0 Å². The zero-order valence-corrected chi connectivity index (χ0v) is 12.7. The van der Waals surface area contributed by atoms with Gasteiger partial charge in [0, 0.05) is 25.3 Å². The first kappa shape index (κ1) is 14.6. The van der Waals surface area contributed by atoms with Crippen LogP contribution in [0.2, 0.25) is 0 Å². The second-order valence-electron chi connectivity index (χ2n) is 6.26. The van der Waals surface area contributed by atoms with Crippen molar-refractivity contribution in [3.8, 4) is 0 Å². The van der Waals surface area contributed by atoms with Crippen LogP contribution in [0.15, 0.2) is 12.5 Å². The van der Waals surface area contributed by atoms with Crippen molar-refractivity contribution in [2.24, 2.45) is 11.8 Å². The monoisotopic (exact) mass is 263 g/mol. The molecule has 2 rings (SSSR count). The summed E-state index contributed by atoms with van der Waals surface area (Å²) in [6.45, 7) is 8.99. The molecule has 1 aromatic rings. The number of hydrogen-bond donors (Lipinski definition) is 1. The summed E-state index contributed by atoms with van der Waals surface area (Å²) in [7, 11) is 0. The van der Waals surface area contributed by atoms with Gasteiger partial charge in [0.25, 0.3) is 0 Å². The number of rotatable bonds is 6. The lowest BCUT2D eigenvalue weighted by molar-refractivity contribution is 0.203. The summed E-state index contributed by atoms with van der Waals surface area (Å²) in [5.74, 6) is 1.63. The Balaban J connectivity index is 1.91. The first-order valence-corrected chi connectivity index (χ1v) is 7.94. The topological polar surface area (TPSA) is 29.9 Å². The van der Waals surface area contributed by atoms with Crippen LogP contribution in [0.4, 0.5) is 0 Å². The van der Waals surface area contributed by atoms with Gasteiger partial charge in [-0.15, -0.1) is 0 Å². The zero-order valence-electron chi connectivity index (χ0n) is 12.7. The summed E-state index contributed by atoms with van der Waals surface area (Å²) in [6, 6.07) is 0.693. The predicted octanol–water partition coefficient (Wildman–Crippen LogP) is 3.60. The van der Waals surface area contributed by atoms with Crippen molar-refractivity contribution in [1.82, 2.24) is 14.9 Å². The maximum atomic E-state index is 4.28. The van der Waals surface area contributed by atoms with Crippen molar-refractivity contribution in [1.29, 1.82) is 0 Å². The van der Waals surface area contributed by atoms with E-state index < -0.39 is 0 Å². The van der Waals surface area contributed by atoms with E-state index in [4.69, 9.17) is 0 Å². The van der Waals surface area contributed by atoms with Crippen LogP contribution in [-0.2, 0) is 13.1 Å². The molecule has 0 radical (unpaired) electrons. The van der Waals surface area contributed by atoms with Crippen molar-refractivity contribution in [3.63, 3.8) is 0 Å². The molecule has 0 spiro atoms. The predicted molar refractivity (Wildman–Crippen MR) is 79.9 cm³/mol. The summed E-state index contributed by atoms with van der Waals surface area (Å²) in [5.41, 5.74) is 1.33. The molecule has 1 heterocycles. The van der Waals surface area contributed by atoms with E-state index in [0.717, 1.165) is 24.9 Å². The van der Waals surface area contributed by atoms with E-state index in [0.29, 0.717) is 6.04 Å². The number of nitrogens with one attached hydrogen (secondary N) is 1. The van der Waals surface area contributed by atoms with Gasteiger partial charge in [-0.05, 0) is 31.1 Å². The van der Waals surface area contributed by atoms with Gasteiger partial charge < -0.3 is 9.88 Å². The standard InChI is InChI=1S/C16H29N3/c1-4-9-19-12-17-10-14(19)11-18-16-8-6-5-7-15(16)13(2)3/h10,12-13,15-16,18H,4-9,11H2,1-3H3. The highest BCUT2D eigenvalue weighted by Gasteiger charge is 2.27. The van der Waals surface area contributed by atoms with Crippen LogP contribution in [0.5, 0.6) is 0 Å². The Morgan fingerprint density at radius 3 is 2.89 bits per heavy atom. The summed E-state index contributed by atoms with van der Waals surface area (Å²) in [5, 5.41) is 3.79. The summed E-state index contributed by atoms with van der Waals surface area (Å²) in [6.07, 6.45) is 10.7. The highest BCUT2D eigenvalue weighted by molar-refractivity contribution is 4.99.